The Balaban J connectivity index is 2.35. The molecule has 0 radical (unpaired) electrons. The van der Waals surface area contributed by atoms with Crippen LogP contribution in [0.4, 0.5) is 0 Å². The number of ether oxygens (including phenoxy) is 1. The summed E-state index contributed by atoms with van der Waals surface area (Å²) in [6.07, 6.45) is 2.85. The zero-order valence-electron chi connectivity index (χ0n) is 11.3. The van der Waals surface area contributed by atoms with Crippen molar-refractivity contribution in [1.82, 2.24) is 4.90 Å². The molecule has 4 heteroatoms. The molecule has 0 aromatic carbocycles. The van der Waals surface area contributed by atoms with E-state index in [4.69, 9.17) is 10.5 Å². The smallest absolute Gasteiger partial charge is 0.239 e. The van der Waals surface area contributed by atoms with Crippen LogP contribution in [0.3, 0.4) is 0 Å². The molecule has 0 aromatic heterocycles. The topological polar surface area (TPSA) is 55.6 Å². The molecule has 0 bridgehead atoms. The summed E-state index contributed by atoms with van der Waals surface area (Å²) in [6.45, 7) is 6.66. The highest BCUT2D eigenvalue weighted by molar-refractivity contribution is 5.81. The molecule has 1 atom stereocenters. The summed E-state index contributed by atoms with van der Waals surface area (Å²) < 4.78 is 5.15. The van der Waals surface area contributed by atoms with E-state index in [-0.39, 0.29) is 11.9 Å². The van der Waals surface area contributed by atoms with E-state index in [0.29, 0.717) is 11.8 Å². The number of carbonyl (C=O) groups is 1. The largest absolute Gasteiger partial charge is 0.384 e. The zero-order valence-corrected chi connectivity index (χ0v) is 11.3. The van der Waals surface area contributed by atoms with Crippen LogP contribution in [0.1, 0.15) is 33.1 Å². The summed E-state index contributed by atoms with van der Waals surface area (Å²) in [4.78, 5) is 14.0. The fourth-order valence-corrected chi connectivity index (χ4v) is 2.40. The predicted octanol–water partition coefficient (Wildman–Crippen LogP) is 1.24. The Morgan fingerprint density at radius 1 is 1.41 bits per heavy atom. The molecule has 1 heterocycles. The molecule has 2 N–H and O–H groups in total. The van der Waals surface area contributed by atoms with Gasteiger partial charge in [0, 0.05) is 26.8 Å². The Morgan fingerprint density at radius 2 is 2.00 bits per heavy atom. The molecule has 1 amide bonds. The summed E-state index contributed by atoms with van der Waals surface area (Å²) in [7, 11) is 1.73. The van der Waals surface area contributed by atoms with Crippen LogP contribution in [0.25, 0.3) is 0 Å². The number of hydrogen-bond acceptors (Lipinski definition) is 3. The predicted molar refractivity (Wildman–Crippen MR) is 68.6 cm³/mol. The first-order valence-electron chi connectivity index (χ1n) is 6.58. The van der Waals surface area contributed by atoms with Crippen molar-refractivity contribution in [1.29, 1.82) is 0 Å². The maximum Gasteiger partial charge on any atom is 0.239 e. The zero-order chi connectivity index (χ0) is 12.8. The lowest BCUT2D eigenvalue weighted by Gasteiger charge is -2.33. The molecule has 0 aliphatic carbocycles. The Morgan fingerprint density at radius 3 is 2.47 bits per heavy atom. The van der Waals surface area contributed by atoms with Crippen LogP contribution < -0.4 is 5.73 Å². The molecule has 0 saturated carbocycles. The van der Waals surface area contributed by atoms with Crippen molar-refractivity contribution in [2.75, 3.05) is 26.8 Å². The van der Waals surface area contributed by atoms with Gasteiger partial charge in [0.05, 0.1) is 6.04 Å². The van der Waals surface area contributed by atoms with Gasteiger partial charge < -0.3 is 15.4 Å². The minimum absolute atomic E-state index is 0.120. The van der Waals surface area contributed by atoms with E-state index in [1.807, 2.05) is 4.90 Å². The first-order chi connectivity index (χ1) is 8.04. The summed E-state index contributed by atoms with van der Waals surface area (Å²) in [5.74, 6) is 1.19. The molecule has 4 nitrogen and oxygen atoms in total. The Hall–Kier alpha value is -0.610. The molecule has 1 rings (SSSR count). The highest BCUT2D eigenvalue weighted by Gasteiger charge is 2.26. The SMILES string of the molecule is COCC1CCN(C(=O)[C@H](N)CC(C)C)CC1. The minimum Gasteiger partial charge on any atom is -0.384 e. The summed E-state index contributed by atoms with van der Waals surface area (Å²) in [6, 6.07) is -0.325. The molecule has 0 spiro atoms. The highest BCUT2D eigenvalue weighted by Crippen LogP contribution is 2.18. The quantitative estimate of drug-likeness (QED) is 0.789. The number of nitrogens with two attached hydrogens (primary N) is 1. The lowest BCUT2D eigenvalue weighted by atomic mass is 9.96. The number of carbonyl (C=O) groups excluding carboxylic acids is 1. The average molecular weight is 242 g/mol. The van der Waals surface area contributed by atoms with E-state index >= 15 is 0 Å². The highest BCUT2D eigenvalue weighted by atomic mass is 16.5. The van der Waals surface area contributed by atoms with E-state index in [0.717, 1.165) is 39.0 Å². The molecule has 17 heavy (non-hydrogen) atoms. The fraction of sp³-hybridized carbons (Fsp3) is 0.923. The first-order valence-corrected chi connectivity index (χ1v) is 6.58. The van der Waals surface area contributed by atoms with Crippen molar-refractivity contribution in [3.63, 3.8) is 0 Å². The third kappa shape index (κ3) is 4.64. The van der Waals surface area contributed by atoms with Crippen molar-refractivity contribution >= 4 is 5.91 Å². The molecule has 1 fully saturated rings. The second kappa shape index (κ2) is 6.97. The van der Waals surface area contributed by atoms with E-state index in [9.17, 15) is 4.79 Å². The molecule has 100 valence electrons. The summed E-state index contributed by atoms with van der Waals surface area (Å²) in [5, 5.41) is 0. The molecule has 1 saturated heterocycles. The number of likely N-dealkylation sites (tertiary alicyclic amines) is 1. The van der Waals surface area contributed by atoms with Gasteiger partial charge in [-0.2, -0.15) is 0 Å². The van der Waals surface area contributed by atoms with Gasteiger partial charge in [-0.25, -0.2) is 0 Å². The number of methoxy groups -OCH3 is 1. The van der Waals surface area contributed by atoms with Crippen molar-refractivity contribution in [3.05, 3.63) is 0 Å². The van der Waals surface area contributed by atoms with Crippen LogP contribution in [-0.4, -0.2) is 43.7 Å². The Bertz CT molecular complexity index is 236. The summed E-state index contributed by atoms with van der Waals surface area (Å²) >= 11 is 0. The van der Waals surface area contributed by atoms with Crippen molar-refractivity contribution in [3.8, 4) is 0 Å². The minimum atomic E-state index is -0.325. The van der Waals surface area contributed by atoms with Crippen LogP contribution in [0.2, 0.25) is 0 Å². The fourth-order valence-electron chi connectivity index (χ4n) is 2.40. The number of hydrogen-bond donors (Lipinski definition) is 1. The van der Waals surface area contributed by atoms with Gasteiger partial charge in [0.1, 0.15) is 0 Å². The van der Waals surface area contributed by atoms with Gasteiger partial charge >= 0.3 is 0 Å². The first kappa shape index (κ1) is 14.5. The third-order valence-electron chi connectivity index (χ3n) is 3.37. The molecule has 0 unspecified atom stereocenters. The second-order valence-electron chi connectivity index (χ2n) is 5.46. The maximum atomic E-state index is 12.1. The van der Waals surface area contributed by atoms with Crippen LogP contribution in [0, 0.1) is 11.8 Å². The van der Waals surface area contributed by atoms with Crippen LogP contribution >= 0.6 is 0 Å². The van der Waals surface area contributed by atoms with E-state index in [2.05, 4.69) is 13.8 Å². The van der Waals surface area contributed by atoms with Gasteiger partial charge in [0.25, 0.3) is 0 Å². The van der Waals surface area contributed by atoms with Gasteiger partial charge in [0.15, 0.2) is 0 Å². The van der Waals surface area contributed by atoms with Crippen LogP contribution in [0.5, 0.6) is 0 Å². The van der Waals surface area contributed by atoms with E-state index in [1.54, 1.807) is 7.11 Å². The molecule has 1 aliphatic rings. The second-order valence-corrected chi connectivity index (χ2v) is 5.46. The molecular weight excluding hydrogens is 216 g/mol. The van der Waals surface area contributed by atoms with Gasteiger partial charge in [-0.3, -0.25) is 4.79 Å². The monoisotopic (exact) mass is 242 g/mol. The molecule has 0 aromatic rings. The van der Waals surface area contributed by atoms with Crippen LogP contribution in [0.15, 0.2) is 0 Å². The van der Waals surface area contributed by atoms with Gasteiger partial charge in [-0.1, -0.05) is 13.8 Å². The van der Waals surface area contributed by atoms with E-state index < -0.39 is 0 Å². The van der Waals surface area contributed by atoms with Crippen molar-refractivity contribution in [2.24, 2.45) is 17.6 Å². The Labute approximate surface area is 104 Å². The van der Waals surface area contributed by atoms with Crippen LogP contribution in [-0.2, 0) is 9.53 Å². The Kier molecular flexibility index (Phi) is 5.92. The van der Waals surface area contributed by atoms with Gasteiger partial charge in [-0.05, 0) is 31.1 Å². The number of rotatable bonds is 5. The average Bonchev–Trinajstić information content (AvgIpc) is 2.28. The van der Waals surface area contributed by atoms with Crippen molar-refractivity contribution in [2.45, 2.75) is 39.2 Å². The molecular formula is C13H26N2O2. The number of nitrogens with zero attached hydrogens (tertiary/aromatic N) is 1. The summed E-state index contributed by atoms with van der Waals surface area (Å²) in [5.41, 5.74) is 5.93. The number of piperidine rings is 1. The van der Waals surface area contributed by atoms with Gasteiger partial charge in [-0.15, -0.1) is 0 Å². The lowest BCUT2D eigenvalue weighted by molar-refractivity contribution is -0.134. The number of amides is 1. The third-order valence-corrected chi connectivity index (χ3v) is 3.37. The maximum absolute atomic E-state index is 12.1. The normalized spacial score (nSPS) is 19.7. The lowest BCUT2D eigenvalue weighted by Crippen LogP contribution is -2.47. The van der Waals surface area contributed by atoms with E-state index in [1.165, 1.54) is 0 Å². The van der Waals surface area contributed by atoms with Crippen molar-refractivity contribution < 1.29 is 9.53 Å². The van der Waals surface area contributed by atoms with Gasteiger partial charge in [0.2, 0.25) is 5.91 Å². The standard InChI is InChI=1S/C13H26N2O2/c1-10(2)8-12(14)13(16)15-6-4-11(5-7-15)9-17-3/h10-12H,4-9,14H2,1-3H3/t12-/m1/s1. The molecule has 1 aliphatic heterocycles.